The molecule has 1 aromatic heterocycles. The number of benzene rings is 1. The molecule has 1 heterocycles. The maximum atomic E-state index is 12.7. The second kappa shape index (κ2) is 5.43. The van der Waals surface area contributed by atoms with Crippen molar-refractivity contribution in [3.8, 4) is 5.69 Å². The molecule has 2 aromatic rings. The summed E-state index contributed by atoms with van der Waals surface area (Å²) in [7, 11) is 0. The highest BCUT2D eigenvalue weighted by molar-refractivity contribution is 5.65. The maximum absolute atomic E-state index is 12.7. The number of hydrogen-bond donors (Lipinski definition) is 1. The molecule has 0 aliphatic heterocycles. The molecular weight excluding hydrogens is 285 g/mol. The van der Waals surface area contributed by atoms with E-state index in [9.17, 15) is 18.0 Å². The molecule has 1 aromatic carbocycles. The van der Waals surface area contributed by atoms with Gasteiger partial charge in [-0.15, -0.1) is 0 Å². The summed E-state index contributed by atoms with van der Waals surface area (Å²) in [5.74, 6) is 0. The lowest BCUT2D eigenvalue weighted by Gasteiger charge is -2.12. The highest BCUT2D eigenvalue weighted by Crippen LogP contribution is 2.30. The Kier molecular flexibility index (Phi) is 3.84. The number of carboxylic acid groups (broad SMARTS) is 1. The summed E-state index contributed by atoms with van der Waals surface area (Å²) < 4.78 is 39.5. The summed E-state index contributed by atoms with van der Waals surface area (Å²) in [6.07, 6.45) is -4.36. The van der Waals surface area contributed by atoms with Crippen molar-refractivity contribution >= 4 is 6.09 Å². The Labute approximate surface area is 117 Å². The van der Waals surface area contributed by atoms with Gasteiger partial charge in [0.25, 0.3) is 0 Å². The summed E-state index contributed by atoms with van der Waals surface area (Å²) in [6, 6.07) is 7.68. The first-order chi connectivity index (χ1) is 9.77. The highest BCUT2D eigenvalue weighted by atomic mass is 19.4. The van der Waals surface area contributed by atoms with Gasteiger partial charge in [0, 0.05) is 11.9 Å². The number of alkyl halides is 3. The van der Waals surface area contributed by atoms with Gasteiger partial charge in [0.1, 0.15) is 5.49 Å². The van der Waals surface area contributed by atoms with Gasteiger partial charge in [-0.3, -0.25) is 0 Å². The van der Waals surface area contributed by atoms with E-state index in [1.54, 1.807) is 13.0 Å². The van der Waals surface area contributed by atoms with Crippen molar-refractivity contribution in [1.82, 2.24) is 4.57 Å². The average Bonchev–Trinajstić information content (AvgIpc) is 2.39. The van der Waals surface area contributed by atoms with E-state index in [0.717, 1.165) is 17.7 Å². The van der Waals surface area contributed by atoms with E-state index >= 15 is 0 Å². The molecule has 1 amide bonds. The zero-order valence-corrected chi connectivity index (χ0v) is 10.9. The zero-order chi connectivity index (χ0) is 15.6. The Bertz CT molecular complexity index is 748. The van der Waals surface area contributed by atoms with Gasteiger partial charge in [0.05, 0.1) is 5.56 Å². The van der Waals surface area contributed by atoms with Gasteiger partial charge in [-0.1, -0.05) is 12.1 Å². The Morgan fingerprint density at radius 2 is 1.95 bits per heavy atom. The van der Waals surface area contributed by atoms with Crippen LogP contribution < -0.4 is 5.49 Å². The molecule has 4 nitrogen and oxygen atoms in total. The van der Waals surface area contributed by atoms with Gasteiger partial charge in [0.2, 0.25) is 0 Å². The summed E-state index contributed by atoms with van der Waals surface area (Å²) >= 11 is 0. The fraction of sp³-hybridized carbons (Fsp3) is 0.143. The Morgan fingerprint density at radius 1 is 1.24 bits per heavy atom. The molecule has 0 aliphatic carbocycles. The van der Waals surface area contributed by atoms with Gasteiger partial charge in [0.15, 0.2) is 0 Å². The average molecular weight is 296 g/mol. The predicted octanol–water partition coefficient (Wildman–Crippen LogP) is 3.38. The Balaban J connectivity index is 2.67. The number of hydrogen-bond acceptors (Lipinski definition) is 1. The lowest BCUT2D eigenvalue weighted by Crippen LogP contribution is -2.20. The smallest absolute Gasteiger partial charge is 0.433 e. The standard InChI is InChI=1S/C14H11F3N2O2/c1-9-5-6-12(18-13(20)21)19(8-9)11-4-2-3-10(7-11)14(15,16)17/h2-8H,1H3,(H,20,21)/b18-12+. The molecule has 0 radical (unpaired) electrons. The number of rotatable bonds is 1. The third kappa shape index (κ3) is 3.50. The molecule has 0 atom stereocenters. The molecule has 0 fully saturated rings. The fourth-order valence-corrected chi connectivity index (χ4v) is 1.83. The fourth-order valence-electron chi connectivity index (χ4n) is 1.83. The molecule has 0 unspecified atom stereocenters. The first kappa shape index (κ1) is 14.8. The van der Waals surface area contributed by atoms with E-state index in [0.29, 0.717) is 0 Å². The normalized spacial score (nSPS) is 12.5. The van der Waals surface area contributed by atoms with Crippen LogP contribution in [0.2, 0.25) is 0 Å². The second-order valence-electron chi connectivity index (χ2n) is 4.38. The number of aryl methyl sites for hydroxylation is 1. The van der Waals surface area contributed by atoms with Crippen molar-refractivity contribution in [2.24, 2.45) is 4.99 Å². The molecule has 0 spiro atoms. The van der Waals surface area contributed by atoms with Crippen LogP contribution >= 0.6 is 0 Å². The van der Waals surface area contributed by atoms with Crippen molar-refractivity contribution in [2.45, 2.75) is 13.1 Å². The number of pyridine rings is 1. The van der Waals surface area contributed by atoms with Gasteiger partial charge in [-0.25, -0.2) is 4.79 Å². The Morgan fingerprint density at radius 3 is 2.57 bits per heavy atom. The molecule has 110 valence electrons. The first-order valence-corrected chi connectivity index (χ1v) is 5.92. The number of nitrogens with zero attached hydrogens (tertiary/aromatic N) is 2. The first-order valence-electron chi connectivity index (χ1n) is 5.92. The molecule has 0 bridgehead atoms. The maximum Gasteiger partial charge on any atom is 0.433 e. The minimum absolute atomic E-state index is 0.0347. The SMILES string of the molecule is Cc1cc/c(=N\C(=O)O)n(-c2cccc(C(F)(F)F)c2)c1. The van der Waals surface area contributed by atoms with Crippen LogP contribution in [0, 0.1) is 6.92 Å². The van der Waals surface area contributed by atoms with E-state index in [1.807, 2.05) is 0 Å². The monoisotopic (exact) mass is 296 g/mol. The van der Waals surface area contributed by atoms with Gasteiger partial charge in [-0.2, -0.15) is 18.2 Å². The van der Waals surface area contributed by atoms with Crippen LogP contribution in [0.25, 0.3) is 5.69 Å². The van der Waals surface area contributed by atoms with Gasteiger partial charge in [-0.05, 0) is 36.8 Å². The summed E-state index contributed by atoms with van der Waals surface area (Å²) in [5.41, 5.74) is 0.174. The summed E-state index contributed by atoms with van der Waals surface area (Å²) in [4.78, 5) is 14.1. The molecule has 0 saturated heterocycles. The molecule has 1 N–H and O–H groups in total. The van der Waals surface area contributed by atoms with Crippen molar-refractivity contribution in [2.75, 3.05) is 0 Å². The highest BCUT2D eigenvalue weighted by Gasteiger charge is 2.30. The van der Waals surface area contributed by atoms with Crippen LogP contribution in [-0.4, -0.2) is 15.8 Å². The number of halogens is 3. The van der Waals surface area contributed by atoms with Crippen LogP contribution in [0.15, 0.2) is 47.6 Å². The largest absolute Gasteiger partial charge is 0.463 e. The minimum atomic E-state index is -4.47. The number of carbonyl (C=O) groups is 1. The predicted molar refractivity (Wildman–Crippen MR) is 69.1 cm³/mol. The van der Waals surface area contributed by atoms with Crippen molar-refractivity contribution in [3.63, 3.8) is 0 Å². The van der Waals surface area contributed by atoms with Crippen LogP contribution in [-0.2, 0) is 6.18 Å². The van der Waals surface area contributed by atoms with Crippen molar-refractivity contribution in [3.05, 3.63) is 59.2 Å². The van der Waals surface area contributed by atoms with Crippen molar-refractivity contribution in [1.29, 1.82) is 0 Å². The van der Waals surface area contributed by atoms with E-state index in [-0.39, 0.29) is 11.2 Å². The minimum Gasteiger partial charge on any atom is -0.463 e. The molecule has 2 rings (SSSR count). The van der Waals surface area contributed by atoms with E-state index in [1.165, 1.54) is 29.0 Å². The third-order valence-corrected chi connectivity index (χ3v) is 2.74. The van der Waals surface area contributed by atoms with Crippen LogP contribution in [0.3, 0.4) is 0 Å². The summed E-state index contributed by atoms with van der Waals surface area (Å²) in [5, 5.41) is 8.73. The number of aromatic nitrogens is 1. The molecule has 0 saturated carbocycles. The number of amides is 1. The third-order valence-electron chi connectivity index (χ3n) is 2.74. The lowest BCUT2D eigenvalue weighted by molar-refractivity contribution is -0.137. The lowest BCUT2D eigenvalue weighted by atomic mass is 10.2. The van der Waals surface area contributed by atoms with Crippen LogP contribution in [0.1, 0.15) is 11.1 Å². The quantitative estimate of drug-likeness (QED) is 0.877. The Hall–Kier alpha value is -2.57. The van der Waals surface area contributed by atoms with Crippen molar-refractivity contribution < 1.29 is 23.1 Å². The van der Waals surface area contributed by atoms with Crippen LogP contribution in [0.5, 0.6) is 0 Å². The van der Waals surface area contributed by atoms with E-state index < -0.39 is 17.8 Å². The van der Waals surface area contributed by atoms with E-state index in [2.05, 4.69) is 4.99 Å². The molecule has 7 heteroatoms. The van der Waals surface area contributed by atoms with E-state index in [4.69, 9.17) is 5.11 Å². The molecular formula is C14H11F3N2O2. The second-order valence-corrected chi connectivity index (χ2v) is 4.38. The summed E-state index contributed by atoms with van der Waals surface area (Å²) in [6.45, 7) is 1.74. The van der Waals surface area contributed by atoms with Gasteiger partial charge < -0.3 is 9.67 Å². The zero-order valence-electron chi connectivity index (χ0n) is 10.9. The van der Waals surface area contributed by atoms with Gasteiger partial charge >= 0.3 is 12.3 Å². The molecule has 21 heavy (non-hydrogen) atoms. The molecule has 0 aliphatic rings. The topological polar surface area (TPSA) is 54.6 Å². The van der Waals surface area contributed by atoms with Crippen LogP contribution in [0.4, 0.5) is 18.0 Å².